The average molecular weight is 481 g/mol. The van der Waals surface area contributed by atoms with Crippen LogP contribution in [0.25, 0.3) is 47.7 Å². The molecule has 2 nitrogen and oxygen atoms in total. The summed E-state index contributed by atoms with van der Waals surface area (Å²) in [6.45, 7) is 2.79. The number of rotatable bonds is 4. The van der Waals surface area contributed by atoms with E-state index in [0.29, 0.717) is 6.54 Å². The van der Waals surface area contributed by atoms with Crippen LogP contribution in [0, 0.1) is 0 Å². The topological polar surface area (TPSA) is 17.3 Å². The molecule has 0 aliphatic rings. The third-order valence-electron chi connectivity index (χ3n) is 7.04. The van der Waals surface area contributed by atoms with Gasteiger partial charge in [-0.05, 0) is 48.9 Å². The van der Waals surface area contributed by atoms with Crippen LogP contribution in [0.2, 0.25) is 0 Å². The summed E-state index contributed by atoms with van der Waals surface area (Å²) in [5.74, 6) is 0. The first kappa shape index (κ1) is 21.1. The van der Waals surface area contributed by atoms with Crippen LogP contribution in [0.3, 0.4) is 0 Å². The van der Waals surface area contributed by atoms with Gasteiger partial charge in [0, 0.05) is 47.9 Å². The molecule has 0 aliphatic heterocycles. The summed E-state index contributed by atoms with van der Waals surface area (Å²) in [5, 5.41) is 5.18. The second-order valence-electron chi connectivity index (χ2n) is 9.22. The van der Waals surface area contributed by atoms with Gasteiger partial charge in [0.25, 0.3) is 0 Å². The lowest BCUT2D eigenvalue weighted by molar-refractivity contribution is 1.06. The van der Waals surface area contributed by atoms with Crippen LogP contribution in [0.5, 0.6) is 0 Å². The molecule has 0 unspecified atom stereocenters. The van der Waals surface area contributed by atoms with Gasteiger partial charge in [-0.2, -0.15) is 0 Å². The Hall–Kier alpha value is -4.21. The number of aromatic nitrogens is 1. The lowest BCUT2D eigenvalue weighted by Gasteiger charge is -2.08. The van der Waals surface area contributed by atoms with Crippen molar-refractivity contribution in [3.63, 3.8) is 0 Å². The van der Waals surface area contributed by atoms with Crippen LogP contribution in [-0.4, -0.2) is 10.3 Å². The zero-order chi connectivity index (χ0) is 24.1. The summed E-state index contributed by atoms with van der Waals surface area (Å²) < 4.78 is 5.01. The Morgan fingerprint density at radius 2 is 1.39 bits per heavy atom. The fraction of sp³-hybridized carbons (Fsp3) is 0.0606. The quantitative estimate of drug-likeness (QED) is 0.223. The molecule has 0 spiro atoms. The Labute approximate surface area is 213 Å². The molecule has 172 valence electrons. The maximum Gasteiger partial charge on any atom is 0.0643 e. The van der Waals surface area contributed by atoms with Crippen molar-refractivity contribution in [2.24, 2.45) is 4.99 Å². The van der Waals surface area contributed by atoms with Crippen molar-refractivity contribution in [2.75, 3.05) is 0 Å². The Morgan fingerprint density at radius 1 is 0.667 bits per heavy atom. The van der Waals surface area contributed by atoms with E-state index in [9.17, 15) is 0 Å². The molecule has 0 bridgehead atoms. The number of benzene rings is 5. The number of nitrogens with zero attached hydrogens (tertiary/aromatic N) is 2. The summed E-state index contributed by atoms with van der Waals surface area (Å²) in [4.78, 5) is 5.08. The molecule has 0 aliphatic carbocycles. The molecule has 0 N–H and O–H groups in total. The number of para-hydroxylation sites is 2. The predicted molar refractivity (Wildman–Crippen MR) is 156 cm³/mol. The molecular weight excluding hydrogens is 456 g/mol. The summed E-state index contributed by atoms with van der Waals surface area (Å²) >= 11 is 1.85. The molecule has 3 heteroatoms. The van der Waals surface area contributed by atoms with Crippen LogP contribution in [-0.2, 0) is 6.54 Å². The molecule has 0 saturated heterocycles. The summed E-state index contributed by atoms with van der Waals surface area (Å²) in [7, 11) is 0. The normalized spacial score (nSPS) is 12.3. The Morgan fingerprint density at radius 3 is 2.28 bits per heavy atom. The highest BCUT2D eigenvalue weighted by molar-refractivity contribution is 7.25. The minimum Gasteiger partial charge on any atom is -0.309 e. The van der Waals surface area contributed by atoms with Gasteiger partial charge in [-0.25, -0.2) is 0 Å². The Kier molecular flexibility index (Phi) is 4.97. The van der Waals surface area contributed by atoms with E-state index < -0.39 is 0 Å². The smallest absolute Gasteiger partial charge is 0.0643 e. The Bertz CT molecular complexity index is 1920. The van der Waals surface area contributed by atoms with Crippen molar-refractivity contribution in [2.45, 2.75) is 13.5 Å². The van der Waals surface area contributed by atoms with Crippen LogP contribution in [0.15, 0.2) is 120 Å². The zero-order valence-electron chi connectivity index (χ0n) is 20.0. The molecule has 36 heavy (non-hydrogen) atoms. The predicted octanol–water partition coefficient (Wildman–Crippen LogP) is 9.16. The van der Waals surface area contributed by atoms with Gasteiger partial charge >= 0.3 is 0 Å². The number of thiophene rings is 1. The van der Waals surface area contributed by atoms with Crippen LogP contribution >= 0.6 is 11.3 Å². The van der Waals surface area contributed by atoms with E-state index in [1.165, 1.54) is 58.8 Å². The van der Waals surface area contributed by atoms with E-state index in [4.69, 9.17) is 4.99 Å². The highest BCUT2D eigenvalue weighted by Crippen LogP contribution is 2.36. The number of fused-ring (bicyclic) bond motifs is 6. The van der Waals surface area contributed by atoms with Gasteiger partial charge in [-0.1, -0.05) is 78.9 Å². The molecule has 0 amide bonds. The monoisotopic (exact) mass is 480 g/mol. The maximum absolute atomic E-state index is 5.08. The second-order valence-corrected chi connectivity index (χ2v) is 10.3. The van der Waals surface area contributed by atoms with Gasteiger partial charge in [0.15, 0.2) is 0 Å². The summed E-state index contributed by atoms with van der Waals surface area (Å²) in [6.07, 6.45) is 0. The molecular formula is C33H24N2S. The molecule has 2 heterocycles. The van der Waals surface area contributed by atoms with E-state index >= 15 is 0 Å². The first-order valence-electron chi connectivity index (χ1n) is 12.3. The van der Waals surface area contributed by atoms with Crippen LogP contribution in [0.1, 0.15) is 18.1 Å². The standard InChI is InChI=1S/C33H24N2S/c1-22(25-14-9-17-32-33(25)28-13-6-8-16-31(28)36-32)34-21-23-18-19-27-26-12-5-7-15-29(26)35(30(27)20-23)24-10-3-2-4-11-24/h2-20H,21H2,1H3. The molecule has 0 radical (unpaired) electrons. The summed E-state index contributed by atoms with van der Waals surface area (Å²) in [6, 6.07) is 41.3. The number of hydrogen-bond acceptors (Lipinski definition) is 2. The SMILES string of the molecule is CC(=NCc1ccc2c3ccccc3n(-c3ccccc3)c2c1)c1cccc2sc3ccccc3c12. The van der Waals surface area contributed by atoms with Crippen molar-refractivity contribution in [1.82, 2.24) is 4.57 Å². The number of aliphatic imine (C=N–C) groups is 1. The molecule has 5 aromatic carbocycles. The molecule has 0 fully saturated rings. The Balaban J connectivity index is 1.33. The van der Waals surface area contributed by atoms with E-state index in [1.54, 1.807) is 0 Å². The first-order chi connectivity index (χ1) is 17.8. The molecule has 2 aromatic heterocycles. The van der Waals surface area contributed by atoms with Crippen molar-refractivity contribution in [1.29, 1.82) is 0 Å². The average Bonchev–Trinajstić information content (AvgIpc) is 3.47. The van der Waals surface area contributed by atoms with Crippen molar-refractivity contribution in [3.05, 3.63) is 126 Å². The lowest BCUT2D eigenvalue weighted by atomic mass is 10.0. The fourth-order valence-electron chi connectivity index (χ4n) is 5.34. The van der Waals surface area contributed by atoms with Gasteiger partial charge in [-0.3, -0.25) is 4.99 Å². The third-order valence-corrected chi connectivity index (χ3v) is 8.18. The minimum absolute atomic E-state index is 0.649. The maximum atomic E-state index is 5.08. The van der Waals surface area contributed by atoms with Crippen LogP contribution < -0.4 is 0 Å². The fourth-order valence-corrected chi connectivity index (χ4v) is 6.47. The van der Waals surface area contributed by atoms with Gasteiger partial charge in [0.2, 0.25) is 0 Å². The minimum atomic E-state index is 0.649. The van der Waals surface area contributed by atoms with E-state index in [2.05, 4.69) is 127 Å². The zero-order valence-corrected chi connectivity index (χ0v) is 20.8. The van der Waals surface area contributed by atoms with Gasteiger partial charge in [-0.15, -0.1) is 11.3 Å². The van der Waals surface area contributed by atoms with Crippen molar-refractivity contribution < 1.29 is 0 Å². The molecule has 0 atom stereocenters. The van der Waals surface area contributed by atoms with Gasteiger partial charge in [0.05, 0.1) is 17.6 Å². The lowest BCUT2D eigenvalue weighted by Crippen LogP contribution is -1.97. The summed E-state index contributed by atoms with van der Waals surface area (Å²) in [5.41, 5.74) is 7.14. The first-order valence-corrected chi connectivity index (χ1v) is 13.1. The van der Waals surface area contributed by atoms with E-state index in [0.717, 1.165) is 5.71 Å². The second kappa shape index (κ2) is 8.47. The highest BCUT2D eigenvalue weighted by Gasteiger charge is 2.13. The van der Waals surface area contributed by atoms with E-state index in [-0.39, 0.29) is 0 Å². The van der Waals surface area contributed by atoms with Crippen LogP contribution in [0.4, 0.5) is 0 Å². The van der Waals surface area contributed by atoms with E-state index in [1.807, 2.05) is 11.3 Å². The largest absolute Gasteiger partial charge is 0.309 e. The molecule has 7 rings (SSSR count). The van der Waals surface area contributed by atoms with Crippen molar-refractivity contribution in [3.8, 4) is 5.69 Å². The highest BCUT2D eigenvalue weighted by atomic mass is 32.1. The number of hydrogen-bond donors (Lipinski definition) is 0. The molecule has 7 aromatic rings. The van der Waals surface area contributed by atoms with Gasteiger partial charge in [0.1, 0.15) is 0 Å². The van der Waals surface area contributed by atoms with Gasteiger partial charge < -0.3 is 4.57 Å². The molecule has 0 saturated carbocycles. The third kappa shape index (κ3) is 3.35. The van der Waals surface area contributed by atoms with Crippen molar-refractivity contribution >= 4 is 59.0 Å².